The fraction of sp³-hybridized carbons (Fsp3) is 0.500. The summed E-state index contributed by atoms with van der Waals surface area (Å²) in [6.45, 7) is 5.30. The van der Waals surface area contributed by atoms with Gasteiger partial charge in [-0.1, -0.05) is 36.9 Å². The molecule has 1 saturated carbocycles. The van der Waals surface area contributed by atoms with Gasteiger partial charge in [-0.3, -0.25) is 0 Å². The second kappa shape index (κ2) is 4.99. The maximum absolute atomic E-state index is 5.81. The Balaban J connectivity index is 1.82. The molecule has 1 spiro atoms. The fourth-order valence-electron chi connectivity index (χ4n) is 3.31. The van der Waals surface area contributed by atoms with Crippen LogP contribution >= 0.6 is 0 Å². The molecule has 1 aliphatic heterocycles. The van der Waals surface area contributed by atoms with Crippen molar-refractivity contribution in [1.29, 1.82) is 0 Å². The topological polar surface area (TPSA) is 30.5 Å². The van der Waals surface area contributed by atoms with E-state index in [9.17, 15) is 0 Å². The normalized spacial score (nSPS) is 24.2. The van der Waals surface area contributed by atoms with E-state index < -0.39 is 0 Å². The minimum absolute atomic E-state index is 0.0242. The highest BCUT2D eigenvalue weighted by atomic mass is 16.7. The summed E-state index contributed by atoms with van der Waals surface area (Å²) >= 11 is 0. The van der Waals surface area contributed by atoms with Crippen molar-refractivity contribution in [3.8, 4) is 0 Å². The Morgan fingerprint density at radius 3 is 2.21 bits per heavy atom. The van der Waals surface area contributed by atoms with E-state index in [2.05, 4.69) is 42.2 Å². The monoisotopic (exact) mass is 259 g/mol. The van der Waals surface area contributed by atoms with Crippen LogP contribution in [0.1, 0.15) is 31.2 Å². The zero-order valence-corrected chi connectivity index (χ0v) is 11.2. The third kappa shape index (κ3) is 2.28. The van der Waals surface area contributed by atoms with Crippen LogP contribution in [0, 0.1) is 0 Å². The molecule has 0 unspecified atom stereocenters. The van der Waals surface area contributed by atoms with Crippen LogP contribution in [-0.2, 0) is 15.0 Å². The molecule has 1 aromatic carbocycles. The summed E-state index contributed by atoms with van der Waals surface area (Å²) in [5, 5.41) is 3.47. The zero-order chi connectivity index (χ0) is 13.2. The molecule has 1 aliphatic carbocycles. The molecule has 3 heteroatoms. The molecule has 1 saturated heterocycles. The lowest BCUT2D eigenvalue weighted by Crippen LogP contribution is -2.48. The first kappa shape index (κ1) is 12.7. The van der Waals surface area contributed by atoms with Crippen molar-refractivity contribution < 1.29 is 9.47 Å². The summed E-state index contributed by atoms with van der Waals surface area (Å²) < 4.78 is 11.6. The Morgan fingerprint density at radius 1 is 1.00 bits per heavy atom. The lowest BCUT2D eigenvalue weighted by molar-refractivity contribution is -0.186. The lowest BCUT2D eigenvalue weighted by Gasteiger charge is -2.44. The van der Waals surface area contributed by atoms with Crippen LogP contribution in [0.25, 0.3) is 0 Å². The first-order valence-electron chi connectivity index (χ1n) is 7.01. The van der Waals surface area contributed by atoms with E-state index in [0.29, 0.717) is 0 Å². The van der Waals surface area contributed by atoms with Crippen LogP contribution in [-0.4, -0.2) is 19.0 Å². The zero-order valence-electron chi connectivity index (χ0n) is 11.2. The Labute approximate surface area is 114 Å². The largest absolute Gasteiger partial charge is 0.382 e. The van der Waals surface area contributed by atoms with Crippen LogP contribution < -0.4 is 5.32 Å². The first-order valence-corrected chi connectivity index (χ1v) is 7.01. The Kier molecular flexibility index (Phi) is 3.33. The van der Waals surface area contributed by atoms with Gasteiger partial charge in [0.15, 0.2) is 5.79 Å². The minimum atomic E-state index is -0.318. The summed E-state index contributed by atoms with van der Waals surface area (Å²) in [5.41, 5.74) is 1.30. The summed E-state index contributed by atoms with van der Waals surface area (Å²) in [4.78, 5) is 0. The second-order valence-electron chi connectivity index (χ2n) is 5.40. The van der Waals surface area contributed by atoms with Crippen LogP contribution in [0.2, 0.25) is 0 Å². The fourth-order valence-corrected chi connectivity index (χ4v) is 3.31. The molecule has 0 bridgehead atoms. The summed E-state index contributed by atoms with van der Waals surface area (Å²) in [6, 6.07) is 10.6. The third-order valence-corrected chi connectivity index (χ3v) is 4.38. The van der Waals surface area contributed by atoms with Gasteiger partial charge in [-0.25, -0.2) is 0 Å². The molecule has 0 aromatic heterocycles. The van der Waals surface area contributed by atoms with Gasteiger partial charge >= 0.3 is 0 Å². The highest BCUT2D eigenvalue weighted by Gasteiger charge is 2.46. The first-order chi connectivity index (χ1) is 9.29. The van der Waals surface area contributed by atoms with Crippen molar-refractivity contribution in [3.05, 3.63) is 48.7 Å². The number of benzene rings is 1. The molecule has 3 rings (SSSR count). The molecule has 0 radical (unpaired) electrons. The van der Waals surface area contributed by atoms with E-state index >= 15 is 0 Å². The van der Waals surface area contributed by atoms with Crippen molar-refractivity contribution in [2.24, 2.45) is 0 Å². The molecule has 3 nitrogen and oxygen atoms in total. The summed E-state index contributed by atoms with van der Waals surface area (Å²) in [5.74, 6) is -0.318. The Hall–Kier alpha value is -1.32. The third-order valence-electron chi connectivity index (χ3n) is 4.38. The maximum atomic E-state index is 5.81. The van der Waals surface area contributed by atoms with Crippen molar-refractivity contribution >= 4 is 0 Å². The number of rotatable bonds is 3. The molecular formula is C16H21NO2. The van der Waals surface area contributed by atoms with E-state index in [4.69, 9.17) is 9.47 Å². The van der Waals surface area contributed by atoms with E-state index in [1.54, 1.807) is 6.20 Å². The van der Waals surface area contributed by atoms with Crippen molar-refractivity contribution in [2.75, 3.05) is 13.2 Å². The molecule has 1 heterocycles. The Bertz CT molecular complexity index is 427. The maximum Gasteiger partial charge on any atom is 0.168 e. The van der Waals surface area contributed by atoms with Gasteiger partial charge in [0.25, 0.3) is 0 Å². The predicted molar refractivity (Wildman–Crippen MR) is 74.6 cm³/mol. The van der Waals surface area contributed by atoms with Crippen LogP contribution in [0.4, 0.5) is 0 Å². The molecule has 1 N–H and O–H groups in total. The van der Waals surface area contributed by atoms with Gasteiger partial charge in [0.1, 0.15) is 0 Å². The van der Waals surface area contributed by atoms with Crippen LogP contribution in [0.15, 0.2) is 43.1 Å². The molecular weight excluding hydrogens is 238 g/mol. The van der Waals surface area contributed by atoms with Gasteiger partial charge in [-0.2, -0.15) is 0 Å². The highest BCUT2D eigenvalue weighted by Crippen LogP contribution is 2.44. The van der Waals surface area contributed by atoms with Gasteiger partial charge in [0.2, 0.25) is 0 Å². The number of nitrogens with one attached hydrogen (secondary N) is 1. The molecule has 0 atom stereocenters. The number of ether oxygens (including phenoxy) is 2. The van der Waals surface area contributed by atoms with Gasteiger partial charge in [-0.15, -0.1) is 0 Å². The molecule has 19 heavy (non-hydrogen) atoms. The molecule has 1 aromatic rings. The number of hydrogen-bond donors (Lipinski definition) is 1. The predicted octanol–water partition coefficient (Wildman–Crippen LogP) is 2.93. The standard InChI is InChI=1S/C16H21NO2/c1-2-17-15(14-6-4-3-5-7-14)8-10-16(11-9-15)18-12-13-19-16/h2-7,17H,1,8-13H2. The SMILES string of the molecule is C=CNC1(c2ccccc2)CCC2(CC1)OCCO2. The van der Waals surface area contributed by atoms with Crippen LogP contribution in [0.5, 0.6) is 0 Å². The Morgan fingerprint density at radius 2 is 1.63 bits per heavy atom. The molecule has 2 aliphatic rings. The summed E-state index contributed by atoms with van der Waals surface area (Å²) in [7, 11) is 0. The van der Waals surface area contributed by atoms with Gasteiger partial charge in [0.05, 0.1) is 18.8 Å². The highest BCUT2D eigenvalue weighted by molar-refractivity contribution is 5.26. The van der Waals surface area contributed by atoms with Crippen molar-refractivity contribution in [2.45, 2.75) is 37.0 Å². The smallest absolute Gasteiger partial charge is 0.168 e. The van der Waals surface area contributed by atoms with Gasteiger partial charge < -0.3 is 14.8 Å². The van der Waals surface area contributed by atoms with E-state index in [0.717, 1.165) is 38.9 Å². The lowest BCUT2D eigenvalue weighted by atomic mass is 9.74. The average Bonchev–Trinajstić information content (AvgIpc) is 2.92. The average molecular weight is 259 g/mol. The molecule has 2 fully saturated rings. The van der Waals surface area contributed by atoms with E-state index in [1.807, 2.05) is 0 Å². The van der Waals surface area contributed by atoms with Crippen LogP contribution in [0.3, 0.4) is 0 Å². The summed E-state index contributed by atoms with van der Waals surface area (Å²) in [6.07, 6.45) is 5.68. The van der Waals surface area contributed by atoms with Gasteiger partial charge in [-0.05, 0) is 24.6 Å². The van der Waals surface area contributed by atoms with Crippen molar-refractivity contribution in [1.82, 2.24) is 5.32 Å². The van der Waals surface area contributed by atoms with E-state index in [1.165, 1.54) is 5.56 Å². The quantitative estimate of drug-likeness (QED) is 0.905. The van der Waals surface area contributed by atoms with Crippen molar-refractivity contribution in [3.63, 3.8) is 0 Å². The van der Waals surface area contributed by atoms with E-state index in [-0.39, 0.29) is 11.3 Å². The van der Waals surface area contributed by atoms with Gasteiger partial charge in [0, 0.05) is 12.8 Å². The number of hydrogen-bond acceptors (Lipinski definition) is 3. The molecule has 0 amide bonds. The minimum Gasteiger partial charge on any atom is -0.382 e. The molecule has 102 valence electrons. The second-order valence-corrected chi connectivity index (χ2v) is 5.40.